The van der Waals surface area contributed by atoms with Crippen LogP contribution in [0.5, 0.6) is 0 Å². The Bertz CT molecular complexity index is 565. The van der Waals surface area contributed by atoms with Crippen molar-refractivity contribution in [2.75, 3.05) is 10.9 Å². The van der Waals surface area contributed by atoms with Crippen LogP contribution in [0.4, 0.5) is 21.5 Å². The fourth-order valence-electron chi connectivity index (χ4n) is 2.20. The van der Waals surface area contributed by atoms with E-state index in [0.717, 1.165) is 34.5 Å². The second kappa shape index (κ2) is 5.74. The van der Waals surface area contributed by atoms with Crippen molar-refractivity contribution in [3.05, 3.63) is 53.1 Å². The lowest BCUT2D eigenvalue weighted by Gasteiger charge is -2.18. The van der Waals surface area contributed by atoms with Crippen molar-refractivity contribution in [3.8, 4) is 0 Å². The molecular weight excluding hydrogens is 239 g/mol. The first kappa shape index (κ1) is 13.4. The Morgan fingerprint density at radius 1 is 1.05 bits per heavy atom. The van der Waals surface area contributed by atoms with Crippen molar-refractivity contribution in [1.82, 2.24) is 0 Å². The molecule has 0 fully saturated rings. The molecule has 2 aromatic rings. The van der Waals surface area contributed by atoms with Gasteiger partial charge in [-0.05, 0) is 49.1 Å². The lowest BCUT2D eigenvalue weighted by atomic mass is 9.99. The summed E-state index contributed by atoms with van der Waals surface area (Å²) in [6.45, 7) is 6.07. The lowest BCUT2D eigenvalue weighted by molar-refractivity contribution is 0.616. The fourth-order valence-corrected chi connectivity index (χ4v) is 2.20. The number of nitrogens with one attached hydrogen (secondary N) is 2. The molecule has 2 aromatic carbocycles. The van der Waals surface area contributed by atoms with Gasteiger partial charge in [-0.3, -0.25) is 0 Å². The van der Waals surface area contributed by atoms with E-state index in [1.54, 1.807) is 0 Å². The van der Waals surface area contributed by atoms with Crippen LogP contribution in [0, 0.1) is 13.8 Å². The molecule has 2 rings (SSSR count). The quantitative estimate of drug-likeness (QED) is 0.762. The van der Waals surface area contributed by atoms with Crippen LogP contribution in [0.15, 0.2) is 36.4 Å². The van der Waals surface area contributed by atoms with E-state index in [-0.39, 0.29) is 0 Å². The molecule has 0 aromatic heterocycles. The van der Waals surface area contributed by atoms with Gasteiger partial charge in [0, 0.05) is 5.69 Å². The predicted octanol–water partition coefficient (Wildman–Crippen LogP) is 4.91. The summed E-state index contributed by atoms with van der Waals surface area (Å²) in [5.41, 5.74) is 7.34. The van der Waals surface area contributed by atoms with Crippen molar-refractivity contribution < 1.29 is 4.48 Å². The van der Waals surface area contributed by atoms with E-state index in [2.05, 4.69) is 5.32 Å². The molecule has 0 aliphatic heterocycles. The number of anilines is 3. The third-order valence-electron chi connectivity index (χ3n) is 3.45. The van der Waals surface area contributed by atoms with Crippen LogP contribution in [0.25, 0.3) is 0 Å². The van der Waals surface area contributed by atoms with E-state index in [4.69, 9.17) is 0 Å². The normalized spacial score (nSPS) is 10.3. The monoisotopic (exact) mass is 258 g/mol. The largest absolute Gasteiger partial charge is 0.354 e. The van der Waals surface area contributed by atoms with E-state index in [9.17, 15) is 4.48 Å². The molecule has 0 aliphatic carbocycles. The smallest absolute Gasteiger partial charge is 0.0925 e. The Labute approximate surface area is 113 Å². The molecule has 0 amide bonds. The van der Waals surface area contributed by atoms with Gasteiger partial charge >= 0.3 is 0 Å². The zero-order valence-electron chi connectivity index (χ0n) is 11.5. The number of hydrogen-bond acceptors (Lipinski definition) is 2. The van der Waals surface area contributed by atoms with Gasteiger partial charge in [0.25, 0.3) is 0 Å². The Balaban J connectivity index is 2.51. The highest BCUT2D eigenvalue weighted by molar-refractivity contribution is 5.80. The molecule has 19 heavy (non-hydrogen) atoms. The van der Waals surface area contributed by atoms with Crippen molar-refractivity contribution >= 4 is 17.1 Å². The summed E-state index contributed by atoms with van der Waals surface area (Å²) in [6.07, 6.45) is 0.789. The first-order valence-electron chi connectivity index (χ1n) is 6.49. The van der Waals surface area contributed by atoms with Crippen LogP contribution < -0.4 is 10.9 Å². The minimum absolute atomic E-state index is 0.537. The summed E-state index contributed by atoms with van der Waals surface area (Å²) >= 11 is 0. The summed E-state index contributed by atoms with van der Waals surface area (Å²) in [4.78, 5) is 0. The number of rotatable bonds is 4. The average molecular weight is 258 g/mol. The molecule has 3 heteroatoms. The zero-order chi connectivity index (χ0) is 13.8. The van der Waals surface area contributed by atoms with E-state index in [1.807, 2.05) is 62.7 Å². The van der Waals surface area contributed by atoms with Gasteiger partial charge in [-0.15, -0.1) is 4.48 Å². The van der Waals surface area contributed by atoms with Crippen molar-refractivity contribution in [2.45, 2.75) is 27.2 Å². The number of benzene rings is 2. The first-order chi connectivity index (χ1) is 9.17. The van der Waals surface area contributed by atoms with Crippen molar-refractivity contribution in [1.29, 1.82) is 0 Å². The Morgan fingerprint density at radius 3 is 2.32 bits per heavy atom. The zero-order valence-corrected chi connectivity index (χ0v) is 11.5. The van der Waals surface area contributed by atoms with Gasteiger partial charge in [0.2, 0.25) is 0 Å². The van der Waals surface area contributed by atoms with E-state index in [0.29, 0.717) is 5.69 Å². The maximum atomic E-state index is 13.2. The Kier molecular flexibility index (Phi) is 4.05. The Hall–Kier alpha value is -2.03. The molecule has 0 saturated heterocycles. The van der Waals surface area contributed by atoms with Crippen LogP contribution in [0.1, 0.15) is 23.6 Å². The number of para-hydroxylation sites is 1. The molecule has 100 valence electrons. The fraction of sp³-hybridized carbons (Fsp3) is 0.250. The van der Waals surface area contributed by atoms with E-state index in [1.165, 1.54) is 0 Å². The lowest BCUT2D eigenvalue weighted by Crippen LogP contribution is -2.02. The van der Waals surface area contributed by atoms with Crippen LogP contribution in [-0.4, -0.2) is 0 Å². The van der Waals surface area contributed by atoms with Gasteiger partial charge in [0.15, 0.2) is 0 Å². The molecule has 0 saturated carbocycles. The highest BCUT2D eigenvalue weighted by Gasteiger charge is 2.13. The molecule has 2 N–H and O–H groups in total. The third kappa shape index (κ3) is 2.70. The summed E-state index contributed by atoms with van der Waals surface area (Å²) < 4.78 is 13.2. The van der Waals surface area contributed by atoms with Gasteiger partial charge in [0.05, 0.1) is 11.4 Å². The SMILES string of the molecule is CCc1cc(C)c(C)c(Nc2ccccc2)c1NF. The molecule has 0 heterocycles. The topological polar surface area (TPSA) is 24.1 Å². The molecule has 0 atom stereocenters. The van der Waals surface area contributed by atoms with Crippen LogP contribution in [0.2, 0.25) is 0 Å². The summed E-state index contributed by atoms with van der Waals surface area (Å²) in [7, 11) is 0. The standard InChI is InChI=1S/C16H19FN2/c1-4-13-10-11(2)12(3)15(16(13)19-17)18-14-8-6-5-7-9-14/h5-10,18-19H,4H2,1-3H3. The minimum atomic E-state index is 0.537. The maximum Gasteiger partial charge on any atom is 0.0925 e. The second-order valence-corrected chi connectivity index (χ2v) is 4.67. The highest BCUT2D eigenvalue weighted by Crippen LogP contribution is 2.35. The second-order valence-electron chi connectivity index (χ2n) is 4.67. The predicted molar refractivity (Wildman–Crippen MR) is 79.7 cm³/mol. The van der Waals surface area contributed by atoms with E-state index >= 15 is 0 Å². The molecule has 0 radical (unpaired) electrons. The molecular formula is C16H19FN2. The number of halogens is 1. The molecule has 0 spiro atoms. The van der Waals surface area contributed by atoms with E-state index < -0.39 is 0 Å². The maximum absolute atomic E-state index is 13.2. The highest BCUT2D eigenvalue weighted by atomic mass is 19.2. The van der Waals surface area contributed by atoms with Gasteiger partial charge < -0.3 is 5.32 Å². The molecule has 2 nitrogen and oxygen atoms in total. The van der Waals surface area contributed by atoms with Crippen molar-refractivity contribution in [3.63, 3.8) is 0 Å². The summed E-state index contributed by atoms with van der Waals surface area (Å²) in [5.74, 6) is 0. The molecule has 0 unspecified atom stereocenters. The Morgan fingerprint density at radius 2 is 1.74 bits per heavy atom. The minimum Gasteiger partial charge on any atom is -0.354 e. The summed E-state index contributed by atoms with van der Waals surface area (Å²) in [6, 6.07) is 11.8. The average Bonchev–Trinajstić information content (AvgIpc) is 2.44. The van der Waals surface area contributed by atoms with Crippen LogP contribution in [-0.2, 0) is 6.42 Å². The van der Waals surface area contributed by atoms with Crippen LogP contribution >= 0.6 is 0 Å². The van der Waals surface area contributed by atoms with Gasteiger partial charge in [-0.2, -0.15) is 0 Å². The van der Waals surface area contributed by atoms with Gasteiger partial charge in [-0.1, -0.05) is 31.2 Å². The number of aryl methyl sites for hydroxylation is 2. The third-order valence-corrected chi connectivity index (χ3v) is 3.45. The molecule has 0 bridgehead atoms. The van der Waals surface area contributed by atoms with Gasteiger partial charge in [-0.25, -0.2) is 5.54 Å². The first-order valence-corrected chi connectivity index (χ1v) is 6.49. The molecule has 0 aliphatic rings. The van der Waals surface area contributed by atoms with Crippen LogP contribution in [0.3, 0.4) is 0 Å². The summed E-state index contributed by atoms with van der Waals surface area (Å²) in [5, 5.41) is 3.30. The number of hydrogen-bond donors (Lipinski definition) is 2. The van der Waals surface area contributed by atoms with Gasteiger partial charge in [0.1, 0.15) is 0 Å². The van der Waals surface area contributed by atoms with Crippen molar-refractivity contribution in [2.24, 2.45) is 0 Å².